The Kier molecular flexibility index (Phi) is 22.3. The maximum Gasteiger partial charge on any atom is 0.168 e. The Labute approximate surface area is 314 Å². The van der Waals surface area contributed by atoms with E-state index in [1.165, 1.54) is 19.3 Å². The third-order valence-electron chi connectivity index (χ3n) is 8.98. The Balaban J connectivity index is 0.00000155. The highest BCUT2D eigenvalue weighted by atomic mass is 19.1. The van der Waals surface area contributed by atoms with Crippen LogP contribution in [0.4, 0.5) is 14.6 Å². The summed E-state index contributed by atoms with van der Waals surface area (Å²) in [4.78, 5) is 14.2. The van der Waals surface area contributed by atoms with Crippen molar-refractivity contribution in [3.63, 3.8) is 0 Å². The number of rotatable bonds is 14. The van der Waals surface area contributed by atoms with E-state index in [1.54, 1.807) is 31.1 Å². The minimum absolute atomic E-state index is 0.0470. The van der Waals surface area contributed by atoms with E-state index in [0.29, 0.717) is 35.8 Å². The van der Waals surface area contributed by atoms with Gasteiger partial charge < -0.3 is 29.5 Å². The van der Waals surface area contributed by atoms with E-state index in [4.69, 9.17) is 14.8 Å². The van der Waals surface area contributed by atoms with Crippen LogP contribution in [0.1, 0.15) is 112 Å². The van der Waals surface area contributed by atoms with E-state index in [-0.39, 0.29) is 17.7 Å². The van der Waals surface area contributed by atoms with Gasteiger partial charge in [0.15, 0.2) is 5.83 Å². The predicted octanol–water partition coefficient (Wildman–Crippen LogP) is 9.97. The summed E-state index contributed by atoms with van der Waals surface area (Å²) in [5.74, 6) is -0.159. The average Bonchev–Trinajstić information content (AvgIpc) is 3.52. The monoisotopic (exact) mass is 729 g/mol. The zero-order valence-electron chi connectivity index (χ0n) is 34.1. The highest BCUT2D eigenvalue weighted by Gasteiger charge is 2.28. The van der Waals surface area contributed by atoms with Crippen molar-refractivity contribution in [2.75, 3.05) is 58.9 Å². The van der Waals surface area contributed by atoms with Crippen LogP contribution in [0.25, 0.3) is 22.3 Å². The fourth-order valence-corrected chi connectivity index (χ4v) is 6.21. The Morgan fingerprint density at radius 2 is 1.75 bits per heavy atom. The van der Waals surface area contributed by atoms with Crippen LogP contribution in [0, 0.1) is 0 Å². The Morgan fingerprint density at radius 3 is 2.31 bits per heavy atom. The lowest BCUT2D eigenvalue weighted by atomic mass is 10.0. The van der Waals surface area contributed by atoms with Crippen LogP contribution < -0.4 is 10.2 Å². The van der Waals surface area contributed by atoms with Crippen molar-refractivity contribution in [3.8, 4) is 0 Å². The molecular formula is C42H70F2N6O2. The van der Waals surface area contributed by atoms with Gasteiger partial charge >= 0.3 is 0 Å². The Morgan fingerprint density at radius 1 is 1.12 bits per heavy atom. The maximum atomic E-state index is 15.5. The van der Waals surface area contributed by atoms with Crippen molar-refractivity contribution in [1.29, 1.82) is 0 Å². The second kappa shape index (κ2) is 24.8. The first kappa shape index (κ1) is 46.7. The zero-order valence-corrected chi connectivity index (χ0v) is 34.1. The number of aliphatic hydroxyl groups excluding tert-OH is 1. The zero-order chi connectivity index (χ0) is 39.3. The first-order valence-corrected chi connectivity index (χ1v) is 19.3. The summed E-state index contributed by atoms with van der Waals surface area (Å²) >= 11 is 0. The quantitative estimate of drug-likeness (QED) is 0.115. The molecule has 294 valence electrons. The van der Waals surface area contributed by atoms with Crippen molar-refractivity contribution >= 4 is 34.3 Å². The van der Waals surface area contributed by atoms with Crippen LogP contribution in [-0.2, 0) is 4.74 Å². The van der Waals surface area contributed by atoms with Crippen LogP contribution in [0.2, 0.25) is 0 Å². The largest absolute Gasteiger partial charge is 0.396 e. The molecule has 0 saturated carbocycles. The second-order valence-corrected chi connectivity index (χ2v) is 13.7. The number of likely N-dealkylation sites (tertiary alicyclic amines) is 1. The molecule has 1 aliphatic carbocycles. The summed E-state index contributed by atoms with van der Waals surface area (Å²) in [6.07, 6.45) is 13.8. The SMILES string of the molecule is C/C=C(\C=NC)c1cn(C2=C(F)CCC(NC)=C2F)c2ccc(N(C)C3CCN(CCCCCCOC(C)(C)C)CC3)nc12.C=C.CC.CCCO. The van der Waals surface area contributed by atoms with E-state index in [2.05, 4.69) is 61.1 Å². The molecule has 0 amide bonds. The minimum Gasteiger partial charge on any atom is -0.396 e. The average molecular weight is 729 g/mol. The van der Waals surface area contributed by atoms with E-state index in [9.17, 15) is 0 Å². The molecule has 4 rings (SSSR count). The molecule has 0 spiro atoms. The molecule has 0 unspecified atom stereocenters. The van der Waals surface area contributed by atoms with Crippen LogP contribution in [0.3, 0.4) is 0 Å². The molecule has 1 aliphatic heterocycles. The summed E-state index contributed by atoms with van der Waals surface area (Å²) in [6, 6.07) is 4.30. The summed E-state index contributed by atoms with van der Waals surface area (Å²) in [6.45, 7) is 24.7. The van der Waals surface area contributed by atoms with Gasteiger partial charge in [-0.2, -0.15) is 0 Å². The fraction of sp³-hybridized carbons (Fsp3) is 0.619. The normalized spacial score (nSPS) is 15.9. The van der Waals surface area contributed by atoms with Gasteiger partial charge in [0.1, 0.15) is 17.3 Å². The van der Waals surface area contributed by atoms with Gasteiger partial charge in [-0.15, -0.1) is 13.2 Å². The van der Waals surface area contributed by atoms with Crippen molar-refractivity contribution in [2.45, 2.75) is 118 Å². The number of nitrogens with zero attached hydrogens (tertiary/aromatic N) is 5. The van der Waals surface area contributed by atoms with Gasteiger partial charge in [-0.05, 0) is 90.5 Å². The smallest absolute Gasteiger partial charge is 0.168 e. The fourth-order valence-electron chi connectivity index (χ4n) is 6.21. The molecule has 10 heteroatoms. The molecule has 2 aliphatic rings. The number of ether oxygens (including phenoxy) is 1. The lowest BCUT2D eigenvalue weighted by Crippen LogP contribution is -2.44. The molecule has 8 nitrogen and oxygen atoms in total. The van der Waals surface area contributed by atoms with Gasteiger partial charge in [0.2, 0.25) is 0 Å². The van der Waals surface area contributed by atoms with Gasteiger partial charge in [-0.25, -0.2) is 13.8 Å². The number of aliphatic imine (C=N–C) groups is 1. The maximum absolute atomic E-state index is 15.5. The standard InChI is InChI=1S/C35H52F2N6O.C3H8O.C2H6.C2H4/c1-8-25(23-38-5)27-24-43(34-28(36)13-14-29(39-6)32(34)37)30-15-16-31(40-33(27)30)41(7)26-17-20-42(21-18-26)19-11-9-10-12-22-44-35(2,3)4;1-2-3-4;2*1-2/h8,15-16,23-24,26,39H,9-14,17-22H2,1-7H3;4H,2-3H2,1H3;1-2H3;1-2H2/b25-8+,38-23?;;;. The highest BCUT2D eigenvalue weighted by molar-refractivity contribution is 6.14. The first-order valence-electron chi connectivity index (χ1n) is 19.3. The molecular weight excluding hydrogens is 658 g/mol. The first-order chi connectivity index (χ1) is 25.0. The van der Waals surface area contributed by atoms with E-state index in [0.717, 1.165) is 68.9 Å². The molecule has 3 heterocycles. The number of unbranched alkanes of at least 4 members (excludes halogenated alkanes) is 3. The number of aliphatic hydroxyl groups is 1. The number of aromatic nitrogens is 2. The number of allylic oxidation sites excluding steroid dienone is 6. The molecule has 0 radical (unpaired) electrons. The lowest BCUT2D eigenvalue weighted by Gasteiger charge is -2.37. The third kappa shape index (κ3) is 13.9. The topological polar surface area (TPSA) is 78.2 Å². The number of hydrogen-bond donors (Lipinski definition) is 2. The van der Waals surface area contributed by atoms with Gasteiger partial charge in [0.05, 0.1) is 16.6 Å². The van der Waals surface area contributed by atoms with Crippen LogP contribution in [0.15, 0.2) is 59.9 Å². The summed E-state index contributed by atoms with van der Waals surface area (Å²) < 4.78 is 38.2. The number of fused-ring (bicyclic) bond motifs is 1. The van der Waals surface area contributed by atoms with Gasteiger partial charge in [-0.1, -0.05) is 39.7 Å². The van der Waals surface area contributed by atoms with E-state index in [1.807, 2.05) is 45.9 Å². The number of piperidine rings is 1. The summed E-state index contributed by atoms with van der Waals surface area (Å²) in [5, 5.41) is 10.8. The number of nitrogens with one attached hydrogen (secondary N) is 1. The number of hydrogen-bond acceptors (Lipinski definition) is 7. The minimum atomic E-state index is -0.562. The number of halogens is 2. The summed E-state index contributed by atoms with van der Waals surface area (Å²) in [5.41, 5.74) is 3.34. The number of pyridine rings is 1. The van der Waals surface area contributed by atoms with Crippen molar-refractivity contribution in [3.05, 3.63) is 60.5 Å². The van der Waals surface area contributed by atoms with Gasteiger partial charge in [0, 0.05) is 83.6 Å². The predicted molar refractivity (Wildman–Crippen MR) is 221 cm³/mol. The van der Waals surface area contributed by atoms with E-state index < -0.39 is 11.7 Å². The summed E-state index contributed by atoms with van der Waals surface area (Å²) in [7, 11) is 5.50. The van der Waals surface area contributed by atoms with Crippen LogP contribution in [0.5, 0.6) is 0 Å². The highest BCUT2D eigenvalue weighted by Crippen LogP contribution is 2.38. The Hall–Kier alpha value is -3.34. The van der Waals surface area contributed by atoms with Gasteiger partial charge in [0.25, 0.3) is 0 Å². The number of anilines is 1. The second-order valence-electron chi connectivity index (χ2n) is 13.7. The third-order valence-corrected chi connectivity index (χ3v) is 8.98. The molecule has 2 aromatic heterocycles. The van der Waals surface area contributed by atoms with Crippen molar-refractivity contribution in [2.24, 2.45) is 4.99 Å². The lowest BCUT2D eigenvalue weighted by molar-refractivity contribution is -0.00479. The molecule has 0 bridgehead atoms. The van der Waals surface area contributed by atoms with Crippen LogP contribution >= 0.6 is 0 Å². The van der Waals surface area contributed by atoms with Crippen LogP contribution in [-0.4, -0.2) is 91.4 Å². The molecule has 0 atom stereocenters. The molecule has 1 saturated heterocycles. The molecule has 2 N–H and O–H groups in total. The van der Waals surface area contributed by atoms with Crippen molar-refractivity contribution in [1.82, 2.24) is 19.8 Å². The molecule has 52 heavy (non-hydrogen) atoms. The Bertz CT molecular complexity index is 1450. The van der Waals surface area contributed by atoms with Crippen molar-refractivity contribution < 1.29 is 18.6 Å². The molecule has 2 aromatic rings. The molecule has 1 fully saturated rings. The molecule has 0 aromatic carbocycles. The van der Waals surface area contributed by atoms with Gasteiger partial charge in [-0.3, -0.25) is 4.99 Å². The van der Waals surface area contributed by atoms with E-state index >= 15 is 8.78 Å².